The third-order valence-electron chi connectivity index (χ3n) is 2.23. The van der Waals surface area contributed by atoms with E-state index in [1.54, 1.807) is 6.92 Å². The van der Waals surface area contributed by atoms with Crippen molar-refractivity contribution in [3.05, 3.63) is 35.1 Å². The fourth-order valence-corrected chi connectivity index (χ4v) is 1.29. The highest BCUT2D eigenvalue weighted by molar-refractivity contribution is 5.96. The summed E-state index contributed by atoms with van der Waals surface area (Å²) in [6.07, 6.45) is 0. The summed E-state index contributed by atoms with van der Waals surface area (Å²) in [5.74, 6) is -6.20. The normalized spacial score (nSPS) is 11.8. The minimum Gasteiger partial charge on any atom is -0.464 e. The Morgan fingerprint density at radius 3 is 2.26 bits per heavy atom. The summed E-state index contributed by atoms with van der Waals surface area (Å²) in [5, 5.41) is 2.19. The molecule has 0 aromatic heterocycles. The maximum absolute atomic E-state index is 12.9. The predicted molar refractivity (Wildman–Crippen MR) is 59.9 cm³/mol. The maximum atomic E-state index is 12.9. The highest BCUT2D eigenvalue weighted by Gasteiger charge is 2.20. The Morgan fingerprint density at radius 1 is 1.26 bits per heavy atom. The van der Waals surface area contributed by atoms with Gasteiger partial charge in [-0.15, -0.1) is 0 Å². The molecule has 19 heavy (non-hydrogen) atoms. The molecule has 1 aromatic rings. The number of benzene rings is 1. The molecule has 0 aliphatic rings. The molecule has 0 radical (unpaired) electrons. The second-order valence-corrected chi connectivity index (χ2v) is 3.70. The second-order valence-electron chi connectivity index (χ2n) is 3.70. The van der Waals surface area contributed by atoms with Crippen LogP contribution < -0.4 is 5.32 Å². The number of nitrogens with one attached hydrogen (secondary N) is 1. The molecule has 4 nitrogen and oxygen atoms in total. The van der Waals surface area contributed by atoms with Crippen molar-refractivity contribution < 1.29 is 27.5 Å². The van der Waals surface area contributed by atoms with E-state index in [4.69, 9.17) is 0 Å². The Morgan fingerprint density at radius 2 is 1.79 bits per heavy atom. The largest absolute Gasteiger partial charge is 0.464 e. The SMILES string of the molecule is CCOC(=O)C(C)NC(=O)c1cc(F)c(F)c(F)c1. The Bertz CT molecular complexity index is 482. The summed E-state index contributed by atoms with van der Waals surface area (Å²) < 4.78 is 43.2. The first-order chi connectivity index (χ1) is 8.86. The van der Waals surface area contributed by atoms with E-state index in [2.05, 4.69) is 10.1 Å². The van der Waals surface area contributed by atoms with Crippen molar-refractivity contribution in [3.8, 4) is 0 Å². The van der Waals surface area contributed by atoms with Crippen LogP contribution >= 0.6 is 0 Å². The van der Waals surface area contributed by atoms with Crippen LogP contribution in [-0.2, 0) is 9.53 Å². The molecule has 104 valence electrons. The Kier molecular flexibility index (Phi) is 4.91. The average Bonchev–Trinajstić information content (AvgIpc) is 2.35. The zero-order chi connectivity index (χ0) is 14.6. The molecule has 0 aliphatic carbocycles. The minimum absolute atomic E-state index is 0.138. The van der Waals surface area contributed by atoms with Crippen molar-refractivity contribution in [2.45, 2.75) is 19.9 Å². The standard InChI is InChI=1S/C12H12F3NO3/c1-3-19-12(18)6(2)16-11(17)7-4-8(13)10(15)9(14)5-7/h4-6H,3H2,1-2H3,(H,16,17). The molecule has 1 aromatic carbocycles. The zero-order valence-electron chi connectivity index (χ0n) is 10.3. The van der Waals surface area contributed by atoms with Gasteiger partial charge in [-0.1, -0.05) is 0 Å². The number of ether oxygens (including phenoxy) is 1. The molecule has 1 amide bonds. The van der Waals surface area contributed by atoms with E-state index in [0.29, 0.717) is 12.1 Å². The molecule has 0 heterocycles. The van der Waals surface area contributed by atoms with E-state index in [1.807, 2.05) is 0 Å². The van der Waals surface area contributed by atoms with Gasteiger partial charge in [0.1, 0.15) is 6.04 Å². The highest BCUT2D eigenvalue weighted by atomic mass is 19.2. The fraction of sp³-hybridized carbons (Fsp3) is 0.333. The predicted octanol–water partition coefficient (Wildman–Crippen LogP) is 1.79. The maximum Gasteiger partial charge on any atom is 0.328 e. The van der Waals surface area contributed by atoms with Gasteiger partial charge in [-0.3, -0.25) is 4.79 Å². The molecule has 0 saturated carbocycles. The van der Waals surface area contributed by atoms with E-state index in [1.165, 1.54) is 6.92 Å². The lowest BCUT2D eigenvalue weighted by Crippen LogP contribution is -2.39. The molecule has 1 rings (SSSR count). The summed E-state index contributed by atoms with van der Waals surface area (Å²) >= 11 is 0. The lowest BCUT2D eigenvalue weighted by Gasteiger charge is -2.12. The van der Waals surface area contributed by atoms with Gasteiger partial charge in [-0.25, -0.2) is 18.0 Å². The van der Waals surface area contributed by atoms with E-state index >= 15 is 0 Å². The Hall–Kier alpha value is -2.05. The van der Waals surface area contributed by atoms with Crippen LogP contribution in [0.1, 0.15) is 24.2 Å². The van der Waals surface area contributed by atoms with E-state index in [9.17, 15) is 22.8 Å². The monoisotopic (exact) mass is 275 g/mol. The van der Waals surface area contributed by atoms with Gasteiger partial charge in [0.05, 0.1) is 6.61 Å². The van der Waals surface area contributed by atoms with Crippen LogP contribution in [0, 0.1) is 17.5 Å². The molecule has 7 heteroatoms. The number of rotatable bonds is 4. The summed E-state index contributed by atoms with van der Waals surface area (Å²) in [4.78, 5) is 22.9. The quantitative estimate of drug-likeness (QED) is 0.673. The lowest BCUT2D eigenvalue weighted by atomic mass is 10.2. The molecule has 0 bridgehead atoms. The average molecular weight is 275 g/mol. The van der Waals surface area contributed by atoms with Crippen molar-refractivity contribution in [2.24, 2.45) is 0 Å². The van der Waals surface area contributed by atoms with Gasteiger partial charge >= 0.3 is 5.97 Å². The van der Waals surface area contributed by atoms with Crippen LogP contribution in [0.5, 0.6) is 0 Å². The van der Waals surface area contributed by atoms with Gasteiger partial charge in [-0.05, 0) is 26.0 Å². The number of esters is 1. The molecule has 0 saturated heterocycles. The van der Waals surface area contributed by atoms with Gasteiger partial charge in [-0.2, -0.15) is 0 Å². The summed E-state index contributed by atoms with van der Waals surface area (Å²) in [6, 6.07) is 0.112. The third-order valence-corrected chi connectivity index (χ3v) is 2.23. The van der Waals surface area contributed by atoms with E-state index in [0.717, 1.165) is 0 Å². The number of hydrogen-bond acceptors (Lipinski definition) is 3. The smallest absolute Gasteiger partial charge is 0.328 e. The van der Waals surface area contributed by atoms with Gasteiger partial charge < -0.3 is 10.1 Å². The number of amides is 1. The topological polar surface area (TPSA) is 55.4 Å². The molecular weight excluding hydrogens is 263 g/mol. The van der Waals surface area contributed by atoms with Crippen molar-refractivity contribution in [1.29, 1.82) is 0 Å². The Labute approximate surface area is 107 Å². The molecule has 0 spiro atoms. The van der Waals surface area contributed by atoms with Gasteiger partial charge in [0, 0.05) is 5.56 Å². The Balaban J connectivity index is 2.82. The van der Waals surface area contributed by atoms with Crippen LogP contribution in [0.25, 0.3) is 0 Å². The van der Waals surface area contributed by atoms with Crippen LogP contribution in [0.2, 0.25) is 0 Å². The van der Waals surface area contributed by atoms with E-state index in [-0.39, 0.29) is 6.61 Å². The van der Waals surface area contributed by atoms with Gasteiger partial charge in [0.15, 0.2) is 17.5 Å². The lowest BCUT2D eigenvalue weighted by molar-refractivity contribution is -0.144. The first-order valence-electron chi connectivity index (χ1n) is 5.48. The molecule has 1 atom stereocenters. The van der Waals surface area contributed by atoms with Crippen molar-refractivity contribution in [2.75, 3.05) is 6.61 Å². The van der Waals surface area contributed by atoms with Crippen molar-refractivity contribution in [1.82, 2.24) is 5.32 Å². The van der Waals surface area contributed by atoms with Crippen molar-refractivity contribution in [3.63, 3.8) is 0 Å². The number of halogens is 3. The summed E-state index contributed by atoms with van der Waals surface area (Å²) in [7, 11) is 0. The van der Waals surface area contributed by atoms with Gasteiger partial charge in [0.2, 0.25) is 0 Å². The minimum atomic E-state index is -1.66. The summed E-state index contributed by atoms with van der Waals surface area (Å²) in [6.45, 7) is 3.09. The first kappa shape index (κ1) is 15.0. The first-order valence-corrected chi connectivity index (χ1v) is 5.48. The molecule has 0 aliphatic heterocycles. The molecule has 0 fully saturated rings. The van der Waals surface area contributed by atoms with Crippen LogP contribution in [0.3, 0.4) is 0 Å². The van der Waals surface area contributed by atoms with Crippen LogP contribution in [0.15, 0.2) is 12.1 Å². The summed E-state index contributed by atoms with van der Waals surface area (Å²) in [5.41, 5.74) is -0.424. The highest BCUT2D eigenvalue weighted by Crippen LogP contribution is 2.13. The number of carbonyl (C=O) groups is 2. The number of carbonyl (C=O) groups excluding carboxylic acids is 2. The third kappa shape index (κ3) is 3.70. The zero-order valence-corrected chi connectivity index (χ0v) is 10.3. The second kappa shape index (κ2) is 6.21. The van der Waals surface area contributed by atoms with Crippen molar-refractivity contribution >= 4 is 11.9 Å². The molecule has 1 N–H and O–H groups in total. The molecule has 1 unspecified atom stereocenters. The fourth-order valence-electron chi connectivity index (χ4n) is 1.29. The van der Waals surface area contributed by atoms with Crippen LogP contribution in [-0.4, -0.2) is 24.5 Å². The van der Waals surface area contributed by atoms with Gasteiger partial charge in [0.25, 0.3) is 5.91 Å². The van der Waals surface area contributed by atoms with Crippen LogP contribution in [0.4, 0.5) is 13.2 Å². The molecular formula is C12H12F3NO3. The van der Waals surface area contributed by atoms with E-state index < -0.39 is 40.9 Å². The number of hydrogen-bond donors (Lipinski definition) is 1.